The average molecular weight is 398 g/mol. The molecule has 1 aromatic rings. The molecule has 21 heavy (non-hydrogen) atoms. The molecule has 0 unspecified atom stereocenters. The van der Waals surface area contributed by atoms with Crippen LogP contribution in [-0.2, 0) is 0 Å². The Morgan fingerprint density at radius 1 is 1.29 bits per heavy atom. The zero-order chi connectivity index (χ0) is 14.9. The van der Waals surface area contributed by atoms with Crippen LogP contribution in [0.2, 0.25) is 0 Å². The first-order chi connectivity index (χ1) is 10.1. The highest BCUT2D eigenvalue weighted by Gasteiger charge is 2.42. The number of amides is 1. The predicted molar refractivity (Wildman–Crippen MR) is 93.6 cm³/mol. The fourth-order valence-corrected chi connectivity index (χ4v) is 4.37. The molecule has 2 aliphatic rings. The summed E-state index contributed by atoms with van der Waals surface area (Å²) >= 11 is 2.31. The van der Waals surface area contributed by atoms with Gasteiger partial charge in [0.25, 0.3) is 5.91 Å². The SMILES string of the molecule is Cc1cccc(C(=O)N2CCNCC23CCCCC3)c1I. The zero-order valence-corrected chi connectivity index (χ0v) is 14.8. The van der Waals surface area contributed by atoms with Crippen LogP contribution in [0.4, 0.5) is 0 Å². The van der Waals surface area contributed by atoms with Gasteiger partial charge in [-0.05, 0) is 54.0 Å². The van der Waals surface area contributed by atoms with Crippen LogP contribution in [0, 0.1) is 10.5 Å². The van der Waals surface area contributed by atoms with Crippen LogP contribution >= 0.6 is 22.6 Å². The van der Waals surface area contributed by atoms with Gasteiger partial charge in [-0.1, -0.05) is 31.4 Å². The Morgan fingerprint density at radius 2 is 2.05 bits per heavy atom. The van der Waals surface area contributed by atoms with Crippen molar-refractivity contribution in [3.05, 3.63) is 32.9 Å². The van der Waals surface area contributed by atoms with Gasteiger partial charge in [-0.3, -0.25) is 4.79 Å². The molecule has 1 N–H and O–H groups in total. The van der Waals surface area contributed by atoms with E-state index in [1.807, 2.05) is 12.1 Å². The Bertz CT molecular complexity index is 529. The van der Waals surface area contributed by atoms with Crippen LogP contribution in [0.25, 0.3) is 0 Å². The van der Waals surface area contributed by atoms with Crippen molar-refractivity contribution in [3.8, 4) is 0 Å². The number of hydrogen-bond donors (Lipinski definition) is 1. The summed E-state index contributed by atoms with van der Waals surface area (Å²) in [6.07, 6.45) is 6.10. The van der Waals surface area contributed by atoms with Crippen LogP contribution in [-0.4, -0.2) is 36.0 Å². The number of carbonyl (C=O) groups is 1. The van der Waals surface area contributed by atoms with E-state index in [1.165, 1.54) is 24.8 Å². The van der Waals surface area contributed by atoms with E-state index in [1.54, 1.807) is 0 Å². The van der Waals surface area contributed by atoms with E-state index in [9.17, 15) is 4.79 Å². The predicted octanol–water partition coefficient (Wildman–Crippen LogP) is 3.35. The quantitative estimate of drug-likeness (QED) is 0.736. The first-order valence-corrected chi connectivity index (χ1v) is 9.00. The molecule has 3 rings (SSSR count). The largest absolute Gasteiger partial charge is 0.330 e. The summed E-state index contributed by atoms with van der Waals surface area (Å²) in [6, 6.07) is 6.06. The molecular weight excluding hydrogens is 375 g/mol. The third-order valence-corrected chi connectivity index (χ3v) is 6.42. The van der Waals surface area contributed by atoms with Crippen molar-refractivity contribution in [2.45, 2.75) is 44.6 Å². The Labute approximate surface area is 140 Å². The molecule has 0 aromatic heterocycles. The lowest BCUT2D eigenvalue weighted by molar-refractivity contribution is 0.0221. The fourth-order valence-electron chi connectivity index (χ4n) is 3.78. The first kappa shape index (κ1) is 15.3. The molecule has 1 saturated heterocycles. The molecule has 1 amide bonds. The van der Waals surface area contributed by atoms with Gasteiger partial charge in [0.2, 0.25) is 0 Å². The number of rotatable bonds is 1. The number of aryl methyl sites for hydroxylation is 1. The van der Waals surface area contributed by atoms with E-state index in [-0.39, 0.29) is 11.4 Å². The molecule has 1 aliphatic carbocycles. The smallest absolute Gasteiger partial charge is 0.255 e. The molecule has 1 aromatic carbocycles. The van der Waals surface area contributed by atoms with Gasteiger partial charge >= 0.3 is 0 Å². The second-order valence-corrected chi connectivity index (χ2v) is 7.43. The molecule has 0 atom stereocenters. The van der Waals surface area contributed by atoms with Crippen molar-refractivity contribution in [2.75, 3.05) is 19.6 Å². The second kappa shape index (κ2) is 6.24. The van der Waals surface area contributed by atoms with Gasteiger partial charge in [-0.15, -0.1) is 0 Å². The van der Waals surface area contributed by atoms with Crippen LogP contribution < -0.4 is 5.32 Å². The molecule has 0 radical (unpaired) electrons. The van der Waals surface area contributed by atoms with E-state index in [4.69, 9.17) is 0 Å². The maximum atomic E-state index is 13.1. The van der Waals surface area contributed by atoms with E-state index in [2.05, 4.69) is 45.8 Å². The van der Waals surface area contributed by atoms with Crippen molar-refractivity contribution in [1.82, 2.24) is 10.2 Å². The molecule has 1 spiro atoms. The Kier molecular flexibility index (Phi) is 4.54. The summed E-state index contributed by atoms with van der Waals surface area (Å²) < 4.78 is 1.10. The monoisotopic (exact) mass is 398 g/mol. The third-order valence-electron chi connectivity index (χ3n) is 4.99. The minimum Gasteiger partial charge on any atom is -0.330 e. The van der Waals surface area contributed by atoms with Gasteiger partial charge in [0.15, 0.2) is 0 Å². The van der Waals surface area contributed by atoms with E-state index in [0.29, 0.717) is 0 Å². The lowest BCUT2D eigenvalue weighted by atomic mass is 9.78. The van der Waals surface area contributed by atoms with E-state index in [0.717, 1.165) is 41.6 Å². The van der Waals surface area contributed by atoms with Crippen molar-refractivity contribution in [1.29, 1.82) is 0 Å². The van der Waals surface area contributed by atoms with Gasteiger partial charge in [0.1, 0.15) is 0 Å². The van der Waals surface area contributed by atoms with Gasteiger partial charge in [0, 0.05) is 23.2 Å². The van der Waals surface area contributed by atoms with Crippen molar-refractivity contribution in [2.24, 2.45) is 0 Å². The molecular formula is C17H23IN2O. The summed E-state index contributed by atoms with van der Waals surface area (Å²) in [7, 11) is 0. The van der Waals surface area contributed by atoms with Gasteiger partial charge < -0.3 is 10.2 Å². The Hall–Kier alpha value is -0.620. The van der Waals surface area contributed by atoms with Gasteiger partial charge in [0.05, 0.1) is 11.1 Å². The van der Waals surface area contributed by atoms with Crippen LogP contribution in [0.5, 0.6) is 0 Å². The standard InChI is InChI=1S/C17H23IN2O/c1-13-6-5-7-14(15(13)18)16(21)20-11-10-19-12-17(20)8-3-2-4-9-17/h5-7,19H,2-4,8-12H2,1H3. The molecule has 3 nitrogen and oxygen atoms in total. The molecule has 1 heterocycles. The van der Waals surface area contributed by atoms with Crippen molar-refractivity contribution < 1.29 is 4.79 Å². The number of piperazine rings is 1. The normalized spacial score (nSPS) is 21.5. The maximum absolute atomic E-state index is 13.1. The summed E-state index contributed by atoms with van der Waals surface area (Å²) in [5.74, 6) is 0.228. The molecule has 1 saturated carbocycles. The minimum atomic E-state index is 0.0560. The highest BCUT2D eigenvalue weighted by molar-refractivity contribution is 14.1. The second-order valence-electron chi connectivity index (χ2n) is 6.36. The van der Waals surface area contributed by atoms with Gasteiger partial charge in [-0.2, -0.15) is 0 Å². The highest BCUT2D eigenvalue weighted by Crippen LogP contribution is 2.36. The lowest BCUT2D eigenvalue weighted by Gasteiger charge is -2.50. The van der Waals surface area contributed by atoms with Crippen LogP contribution in [0.3, 0.4) is 0 Å². The maximum Gasteiger partial charge on any atom is 0.255 e. The van der Waals surface area contributed by atoms with Crippen LogP contribution in [0.1, 0.15) is 48.0 Å². The number of benzene rings is 1. The average Bonchev–Trinajstić information content (AvgIpc) is 2.51. The molecule has 4 heteroatoms. The third kappa shape index (κ3) is 2.84. The molecule has 1 aliphatic heterocycles. The van der Waals surface area contributed by atoms with Gasteiger partial charge in [-0.25, -0.2) is 0 Å². The topological polar surface area (TPSA) is 32.3 Å². The molecule has 2 fully saturated rings. The molecule has 0 bridgehead atoms. The minimum absolute atomic E-state index is 0.0560. The van der Waals surface area contributed by atoms with Crippen molar-refractivity contribution >= 4 is 28.5 Å². The van der Waals surface area contributed by atoms with Crippen LogP contribution in [0.15, 0.2) is 18.2 Å². The lowest BCUT2D eigenvalue weighted by Crippen LogP contribution is -2.63. The number of halogens is 1. The zero-order valence-electron chi connectivity index (χ0n) is 12.6. The van der Waals surface area contributed by atoms with Crippen molar-refractivity contribution in [3.63, 3.8) is 0 Å². The van der Waals surface area contributed by atoms with E-state index >= 15 is 0 Å². The van der Waals surface area contributed by atoms with E-state index < -0.39 is 0 Å². The number of hydrogen-bond acceptors (Lipinski definition) is 2. The Morgan fingerprint density at radius 3 is 2.81 bits per heavy atom. The summed E-state index contributed by atoms with van der Waals surface area (Å²) in [5, 5.41) is 3.51. The number of carbonyl (C=O) groups excluding carboxylic acids is 1. The first-order valence-electron chi connectivity index (χ1n) is 7.92. The highest BCUT2D eigenvalue weighted by atomic mass is 127. The number of nitrogens with zero attached hydrogens (tertiary/aromatic N) is 1. The number of nitrogens with one attached hydrogen (secondary N) is 1. The summed E-state index contributed by atoms with van der Waals surface area (Å²) in [6.45, 7) is 4.78. The fraction of sp³-hybridized carbons (Fsp3) is 0.588. The summed E-state index contributed by atoms with van der Waals surface area (Å²) in [5.41, 5.74) is 2.12. The Balaban J connectivity index is 1.92. The summed E-state index contributed by atoms with van der Waals surface area (Å²) in [4.78, 5) is 15.3. The molecule has 114 valence electrons.